The minimum atomic E-state index is -5.69. The van der Waals surface area contributed by atoms with Gasteiger partial charge in [-0.05, 0) is 12.1 Å². The molecule has 7 heteroatoms. The predicted molar refractivity (Wildman–Crippen MR) is 59.3 cm³/mol. The van der Waals surface area contributed by atoms with E-state index in [2.05, 4.69) is 34.2 Å². The molecule has 2 aromatic heterocycles. The second kappa shape index (κ2) is 5.72. The molecule has 1 N–H and O–H groups in total. The maximum atomic E-state index is 8.73. The summed E-state index contributed by atoms with van der Waals surface area (Å²) in [6, 6.07) is 12.1. The van der Waals surface area contributed by atoms with Crippen LogP contribution < -0.4 is 30.4 Å². The first-order valence-electron chi connectivity index (χ1n) is 5.17. The van der Waals surface area contributed by atoms with Crippen molar-refractivity contribution < 1.29 is 33.8 Å². The van der Waals surface area contributed by atoms with E-state index in [4.69, 9.17) is 13.7 Å². The Hall–Kier alpha value is -1.39. The van der Waals surface area contributed by atoms with Crippen LogP contribution in [0.2, 0.25) is 0 Å². The van der Waals surface area contributed by atoms with Crippen LogP contribution in [0.3, 0.4) is 0 Å². The molecule has 0 aliphatic rings. The lowest BCUT2D eigenvalue weighted by Gasteiger charge is -2.00. The molecule has 0 amide bonds. The fourth-order valence-corrected chi connectivity index (χ4v) is 1.68. The summed E-state index contributed by atoms with van der Waals surface area (Å²) in [5.74, 6) is 0. The van der Waals surface area contributed by atoms with Crippen LogP contribution in [-0.2, 0) is 0 Å². The molecule has 6 nitrogen and oxygen atoms in total. The van der Waals surface area contributed by atoms with Crippen molar-refractivity contribution in [1.82, 2.24) is 9.97 Å². The highest BCUT2D eigenvalue weighted by molar-refractivity contribution is 6.02. The lowest BCUT2D eigenvalue weighted by Crippen LogP contribution is -4.23. The molecule has 3 rings (SSSR count). The van der Waals surface area contributed by atoms with E-state index < -0.39 is 20.1 Å². The van der Waals surface area contributed by atoms with Gasteiger partial charge >= 0.3 is 20.1 Å². The van der Waals surface area contributed by atoms with Crippen LogP contribution in [0, 0.1) is 0 Å². The Morgan fingerprint density at radius 3 is 1.53 bits per heavy atom. The minimum Gasteiger partial charge on any atom is -0.256 e. The normalized spacial score (nSPS) is 11.2. The van der Waals surface area contributed by atoms with E-state index in [1.807, 2.05) is 12.1 Å². The quantitative estimate of drug-likeness (QED) is 0.315. The zero-order chi connectivity index (χ0) is 13.9. The highest BCUT2D eigenvalue weighted by Gasteiger charge is 2.11. The number of rotatable bonds is 0. The van der Waals surface area contributed by atoms with Crippen molar-refractivity contribution in [2.24, 2.45) is 0 Å². The zero-order valence-electron chi connectivity index (χ0n) is 9.56. The molecule has 0 saturated heterocycles. The van der Waals surface area contributed by atoms with Crippen molar-refractivity contribution in [3.8, 4) is 0 Å². The van der Waals surface area contributed by atoms with Crippen LogP contribution in [0.4, 0.5) is 0 Å². The molecule has 0 bridgehead atoms. The highest BCUT2D eigenvalue weighted by Crippen LogP contribution is 2.20. The number of hydrogen-bond donors (Lipinski definition) is 1. The molecule has 0 aliphatic heterocycles. The van der Waals surface area contributed by atoms with E-state index in [9.17, 15) is 0 Å². The summed E-state index contributed by atoms with van der Waals surface area (Å²) >= 11 is -5.69. The summed E-state index contributed by atoms with van der Waals surface area (Å²) in [4.78, 5) is 8.69. The molecule has 0 saturated carbocycles. The van der Waals surface area contributed by atoms with Gasteiger partial charge < -0.3 is 0 Å². The summed E-state index contributed by atoms with van der Waals surface area (Å²) in [5, 5.41) is 2.28. The molecule has 19 heavy (non-hydrogen) atoms. The van der Waals surface area contributed by atoms with Gasteiger partial charge in [0.1, 0.15) is 0 Å². The Morgan fingerprint density at radius 1 is 0.789 bits per heavy atom. The van der Waals surface area contributed by atoms with Gasteiger partial charge in [-0.1, -0.05) is 24.3 Å². The largest absolute Gasteiger partial charge is 0.368 e. The number of fused-ring (bicyclic) bond motifs is 3. The Labute approximate surface area is 114 Å². The molecule has 0 fully saturated rings. The van der Waals surface area contributed by atoms with Crippen molar-refractivity contribution in [2.75, 3.05) is 0 Å². The summed E-state index contributed by atoms with van der Waals surface area (Å²) < 4.78 is 33.2. The number of nitrogens with zero attached hydrogens (tertiary/aromatic N) is 2. The van der Waals surface area contributed by atoms with Crippen LogP contribution in [0.15, 0.2) is 48.8 Å². The number of benzene rings is 1. The maximum Gasteiger partial charge on any atom is 0.368 e. The third kappa shape index (κ3) is 4.04. The second-order valence-corrected chi connectivity index (χ2v) is 5.87. The van der Waals surface area contributed by atoms with Gasteiger partial charge in [0.15, 0.2) is 0 Å². The first kappa shape index (κ1) is 14.0. The standard InChI is InChI=1S/C12H8N2.HIO4/c1-3-9-5-6-10-4-2-8-14-12(10)11(9)13-7-1;2-1(3,4)5/h1-8H;2H. The number of hydrogen-bond acceptors (Lipinski definition) is 6. The maximum absolute atomic E-state index is 8.73. The fourth-order valence-electron chi connectivity index (χ4n) is 1.68. The van der Waals surface area contributed by atoms with E-state index in [0.29, 0.717) is 0 Å². The highest BCUT2D eigenvalue weighted by atomic mass is 127. The van der Waals surface area contributed by atoms with E-state index in [0.717, 1.165) is 21.8 Å². The lowest BCUT2D eigenvalue weighted by atomic mass is 10.1. The van der Waals surface area contributed by atoms with Gasteiger partial charge in [-0.3, -0.25) is 20.3 Å². The van der Waals surface area contributed by atoms with Gasteiger partial charge in [0, 0.05) is 26.6 Å². The Balaban J connectivity index is 0.000000232. The number of pyridine rings is 2. The van der Waals surface area contributed by atoms with Gasteiger partial charge in [-0.25, -0.2) is 0 Å². The lowest BCUT2D eigenvalue weighted by molar-refractivity contribution is -1.92. The fraction of sp³-hybridized carbons (Fsp3) is 0. The molecular weight excluding hydrogens is 363 g/mol. The first-order valence-corrected chi connectivity index (χ1v) is 8.77. The van der Waals surface area contributed by atoms with Crippen molar-refractivity contribution in [3.05, 3.63) is 48.8 Å². The van der Waals surface area contributed by atoms with Crippen LogP contribution in [0.25, 0.3) is 21.8 Å². The van der Waals surface area contributed by atoms with E-state index in [-0.39, 0.29) is 0 Å². The Kier molecular flexibility index (Phi) is 4.22. The van der Waals surface area contributed by atoms with Gasteiger partial charge in [0.25, 0.3) is 0 Å². The third-order valence-corrected chi connectivity index (χ3v) is 2.34. The topological polar surface area (TPSA) is 115 Å². The van der Waals surface area contributed by atoms with Crippen LogP contribution in [0.5, 0.6) is 0 Å². The molecule has 1 aromatic carbocycles. The van der Waals surface area contributed by atoms with Crippen molar-refractivity contribution in [1.29, 1.82) is 0 Å². The van der Waals surface area contributed by atoms with Gasteiger partial charge in [-0.15, -0.1) is 0 Å². The molecule has 0 unspecified atom stereocenters. The minimum absolute atomic E-state index is 0.977. The van der Waals surface area contributed by atoms with Crippen molar-refractivity contribution in [3.63, 3.8) is 0 Å². The van der Waals surface area contributed by atoms with Gasteiger partial charge in [0.2, 0.25) is 0 Å². The van der Waals surface area contributed by atoms with E-state index in [1.54, 1.807) is 12.4 Å². The summed E-state index contributed by atoms with van der Waals surface area (Å²) in [7, 11) is 0. The smallest absolute Gasteiger partial charge is 0.256 e. The number of halogens is 1. The summed E-state index contributed by atoms with van der Waals surface area (Å²) in [6.45, 7) is 0. The van der Waals surface area contributed by atoms with Crippen molar-refractivity contribution in [2.45, 2.75) is 0 Å². The molecule has 3 aromatic rings. The average molecular weight is 372 g/mol. The molecule has 98 valence electrons. The molecule has 0 atom stereocenters. The monoisotopic (exact) mass is 372 g/mol. The molecule has 0 radical (unpaired) electrons. The van der Waals surface area contributed by atoms with Crippen molar-refractivity contribution >= 4 is 21.8 Å². The second-order valence-electron chi connectivity index (χ2n) is 3.61. The van der Waals surface area contributed by atoms with Gasteiger partial charge in [-0.2, -0.15) is 0 Å². The van der Waals surface area contributed by atoms with Gasteiger partial charge in [0.05, 0.1) is 11.0 Å². The average Bonchev–Trinajstić information content (AvgIpc) is 2.37. The summed E-state index contributed by atoms with van der Waals surface area (Å²) in [5.41, 5.74) is 1.95. The Bertz CT molecular complexity index is 639. The summed E-state index contributed by atoms with van der Waals surface area (Å²) in [6.07, 6.45) is 3.60. The number of aromatic nitrogens is 2. The zero-order valence-corrected chi connectivity index (χ0v) is 11.7. The van der Waals surface area contributed by atoms with Crippen LogP contribution in [-0.4, -0.2) is 13.4 Å². The molecular formula is C12H9IN2O4. The van der Waals surface area contributed by atoms with Crippen LogP contribution in [0.1, 0.15) is 0 Å². The third-order valence-electron chi connectivity index (χ3n) is 2.34. The molecule has 0 spiro atoms. The van der Waals surface area contributed by atoms with Crippen LogP contribution >= 0.6 is 0 Å². The Morgan fingerprint density at radius 2 is 1.16 bits per heavy atom. The predicted octanol–water partition coefficient (Wildman–Crippen LogP) is -4.34. The molecule has 2 heterocycles. The van der Waals surface area contributed by atoms with E-state index in [1.165, 1.54) is 0 Å². The first-order chi connectivity index (χ1) is 8.95. The van der Waals surface area contributed by atoms with E-state index >= 15 is 0 Å². The molecule has 0 aliphatic carbocycles. The SMILES string of the molecule is [O-][I+3]([O-])([O-])O.c1cnc2c(c1)ccc1cccnc12.